The molecule has 0 unspecified atom stereocenters. The summed E-state index contributed by atoms with van der Waals surface area (Å²) in [5, 5.41) is 0. The van der Waals surface area contributed by atoms with Gasteiger partial charge in [-0.3, -0.25) is 4.79 Å². The number of carbonyl (C=O) groups excluding carboxylic acids is 1. The Balaban J connectivity index is 2.53. The van der Waals surface area contributed by atoms with Gasteiger partial charge in [-0.2, -0.15) is 0 Å². The van der Waals surface area contributed by atoms with E-state index in [2.05, 4.69) is 20.8 Å². The zero-order chi connectivity index (χ0) is 11.3. The summed E-state index contributed by atoms with van der Waals surface area (Å²) in [6.07, 6.45) is 2.82. The first-order valence-electron chi connectivity index (χ1n) is 6.05. The highest BCUT2D eigenvalue weighted by atomic mass is 16.5. The van der Waals surface area contributed by atoms with Crippen molar-refractivity contribution in [1.29, 1.82) is 0 Å². The second-order valence-corrected chi connectivity index (χ2v) is 4.51. The number of hydrogen-bond donors (Lipinski definition) is 0. The minimum Gasteiger partial charge on any atom is -0.381 e. The van der Waals surface area contributed by atoms with E-state index < -0.39 is 0 Å². The predicted molar refractivity (Wildman–Crippen MR) is 60.7 cm³/mol. The molecule has 3 heteroatoms. The van der Waals surface area contributed by atoms with E-state index in [1.165, 1.54) is 0 Å². The lowest BCUT2D eigenvalue weighted by Gasteiger charge is -2.32. The maximum Gasteiger partial charge on any atom is 0.226 e. The van der Waals surface area contributed by atoms with Gasteiger partial charge in [-0.05, 0) is 33.1 Å². The summed E-state index contributed by atoms with van der Waals surface area (Å²) in [5.41, 5.74) is 0. The molecular formula is C12H23NO2. The summed E-state index contributed by atoms with van der Waals surface area (Å²) in [7, 11) is 0. The van der Waals surface area contributed by atoms with Crippen LogP contribution in [-0.4, -0.2) is 36.6 Å². The van der Waals surface area contributed by atoms with Crippen LogP contribution in [-0.2, 0) is 9.53 Å². The van der Waals surface area contributed by atoms with Gasteiger partial charge in [0, 0.05) is 31.7 Å². The van der Waals surface area contributed by atoms with Crippen molar-refractivity contribution in [3.63, 3.8) is 0 Å². The molecule has 0 N–H and O–H groups in total. The van der Waals surface area contributed by atoms with Crippen molar-refractivity contribution >= 4 is 5.91 Å². The average molecular weight is 213 g/mol. The molecule has 0 aromatic carbocycles. The SMILES string of the molecule is CCCN(C(=O)C1CCOCC1)C(C)C. The molecule has 1 saturated heterocycles. The number of amides is 1. The lowest BCUT2D eigenvalue weighted by molar-refractivity contribution is -0.140. The summed E-state index contributed by atoms with van der Waals surface area (Å²) in [6.45, 7) is 8.67. The Kier molecular flexibility index (Phi) is 5.09. The fraction of sp³-hybridized carbons (Fsp3) is 0.917. The molecule has 1 aliphatic rings. The Labute approximate surface area is 92.8 Å². The molecule has 0 spiro atoms. The van der Waals surface area contributed by atoms with E-state index in [9.17, 15) is 4.79 Å². The maximum atomic E-state index is 12.2. The molecular weight excluding hydrogens is 190 g/mol. The van der Waals surface area contributed by atoms with Crippen LogP contribution in [0.25, 0.3) is 0 Å². The van der Waals surface area contributed by atoms with E-state index in [0.29, 0.717) is 11.9 Å². The van der Waals surface area contributed by atoms with Crippen molar-refractivity contribution in [2.24, 2.45) is 5.92 Å². The quantitative estimate of drug-likeness (QED) is 0.715. The molecule has 0 radical (unpaired) electrons. The highest BCUT2D eigenvalue weighted by Gasteiger charge is 2.27. The second kappa shape index (κ2) is 6.11. The van der Waals surface area contributed by atoms with E-state index in [4.69, 9.17) is 4.74 Å². The largest absolute Gasteiger partial charge is 0.381 e. The minimum atomic E-state index is 0.202. The van der Waals surface area contributed by atoms with Gasteiger partial charge in [0.2, 0.25) is 5.91 Å². The minimum absolute atomic E-state index is 0.202. The Bertz CT molecular complexity index is 198. The molecule has 0 aromatic rings. The molecule has 1 rings (SSSR count). The molecule has 15 heavy (non-hydrogen) atoms. The summed E-state index contributed by atoms with van der Waals surface area (Å²) in [5.74, 6) is 0.530. The summed E-state index contributed by atoms with van der Waals surface area (Å²) in [4.78, 5) is 14.2. The van der Waals surface area contributed by atoms with E-state index >= 15 is 0 Å². The van der Waals surface area contributed by atoms with Gasteiger partial charge in [0.05, 0.1) is 0 Å². The van der Waals surface area contributed by atoms with Crippen molar-refractivity contribution in [3.8, 4) is 0 Å². The number of ether oxygens (including phenoxy) is 1. The first-order valence-corrected chi connectivity index (χ1v) is 6.05. The fourth-order valence-electron chi connectivity index (χ4n) is 2.04. The smallest absolute Gasteiger partial charge is 0.226 e. The first kappa shape index (κ1) is 12.5. The third kappa shape index (κ3) is 3.49. The van der Waals surface area contributed by atoms with Crippen LogP contribution in [0.1, 0.15) is 40.0 Å². The highest BCUT2D eigenvalue weighted by Crippen LogP contribution is 2.19. The molecule has 3 nitrogen and oxygen atoms in total. The van der Waals surface area contributed by atoms with E-state index in [1.807, 2.05) is 4.90 Å². The fourth-order valence-corrected chi connectivity index (χ4v) is 2.04. The molecule has 0 atom stereocenters. The Morgan fingerprint density at radius 2 is 2.00 bits per heavy atom. The normalized spacial score (nSPS) is 18.1. The van der Waals surface area contributed by atoms with Gasteiger partial charge < -0.3 is 9.64 Å². The molecule has 1 amide bonds. The summed E-state index contributed by atoms with van der Waals surface area (Å²) in [6, 6.07) is 0.320. The standard InChI is InChI=1S/C12H23NO2/c1-4-7-13(10(2)3)12(14)11-5-8-15-9-6-11/h10-11H,4-9H2,1-3H3. The number of hydrogen-bond acceptors (Lipinski definition) is 2. The van der Waals surface area contributed by atoms with Gasteiger partial charge >= 0.3 is 0 Å². The zero-order valence-electron chi connectivity index (χ0n) is 10.2. The van der Waals surface area contributed by atoms with Crippen LogP contribution >= 0.6 is 0 Å². The number of carbonyl (C=O) groups is 1. The van der Waals surface area contributed by atoms with Gasteiger partial charge in [0.25, 0.3) is 0 Å². The van der Waals surface area contributed by atoms with Gasteiger partial charge in [0.1, 0.15) is 0 Å². The monoisotopic (exact) mass is 213 g/mol. The molecule has 0 aromatic heterocycles. The second-order valence-electron chi connectivity index (χ2n) is 4.51. The van der Waals surface area contributed by atoms with Crippen LogP contribution in [0.15, 0.2) is 0 Å². The Morgan fingerprint density at radius 3 is 2.47 bits per heavy atom. The molecule has 0 saturated carbocycles. The van der Waals surface area contributed by atoms with Crippen LogP contribution in [0.2, 0.25) is 0 Å². The lowest BCUT2D eigenvalue weighted by Crippen LogP contribution is -2.42. The van der Waals surface area contributed by atoms with Crippen molar-refractivity contribution in [1.82, 2.24) is 4.90 Å². The number of rotatable bonds is 4. The van der Waals surface area contributed by atoms with Crippen LogP contribution in [0.4, 0.5) is 0 Å². The predicted octanol–water partition coefficient (Wildman–Crippen LogP) is 2.06. The number of nitrogens with zero attached hydrogens (tertiary/aromatic N) is 1. The van der Waals surface area contributed by atoms with Crippen molar-refractivity contribution in [2.75, 3.05) is 19.8 Å². The van der Waals surface area contributed by atoms with E-state index in [0.717, 1.165) is 39.0 Å². The maximum absolute atomic E-state index is 12.2. The first-order chi connectivity index (χ1) is 7.16. The van der Waals surface area contributed by atoms with Crippen LogP contribution in [0.3, 0.4) is 0 Å². The summed E-state index contributed by atoms with van der Waals surface area (Å²) >= 11 is 0. The zero-order valence-corrected chi connectivity index (χ0v) is 10.2. The van der Waals surface area contributed by atoms with Gasteiger partial charge in [-0.25, -0.2) is 0 Å². The topological polar surface area (TPSA) is 29.5 Å². The molecule has 1 fully saturated rings. The Morgan fingerprint density at radius 1 is 1.40 bits per heavy atom. The van der Waals surface area contributed by atoms with Crippen LogP contribution in [0.5, 0.6) is 0 Å². The van der Waals surface area contributed by atoms with E-state index in [-0.39, 0.29) is 5.92 Å². The van der Waals surface area contributed by atoms with Crippen LogP contribution in [0, 0.1) is 5.92 Å². The third-order valence-corrected chi connectivity index (χ3v) is 2.94. The molecule has 0 aliphatic carbocycles. The van der Waals surface area contributed by atoms with Gasteiger partial charge in [-0.1, -0.05) is 6.92 Å². The van der Waals surface area contributed by atoms with Crippen LogP contribution < -0.4 is 0 Å². The highest BCUT2D eigenvalue weighted by molar-refractivity contribution is 5.79. The third-order valence-electron chi connectivity index (χ3n) is 2.94. The Hall–Kier alpha value is -0.570. The van der Waals surface area contributed by atoms with Gasteiger partial charge in [0.15, 0.2) is 0 Å². The van der Waals surface area contributed by atoms with Gasteiger partial charge in [-0.15, -0.1) is 0 Å². The summed E-state index contributed by atoms with van der Waals surface area (Å²) < 4.78 is 5.28. The molecule has 1 heterocycles. The molecule has 0 bridgehead atoms. The lowest BCUT2D eigenvalue weighted by atomic mass is 9.98. The van der Waals surface area contributed by atoms with Crippen molar-refractivity contribution in [3.05, 3.63) is 0 Å². The average Bonchev–Trinajstić information content (AvgIpc) is 2.26. The van der Waals surface area contributed by atoms with E-state index in [1.54, 1.807) is 0 Å². The van der Waals surface area contributed by atoms with Crippen molar-refractivity contribution < 1.29 is 9.53 Å². The molecule has 1 aliphatic heterocycles. The van der Waals surface area contributed by atoms with Crippen molar-refractivity contribution in [2.45, 2.75) is 46.1 Å². The molecule has 88 valence electrons.